The van der Waals surface area contributed by atoms with Gasteiger partial charge in [-0.1, -0.05) is 0 Å². The number of rotatable bonds is 5. The van der Waals surface area contributed by atoms with E-state index < -0.39 is 0 Å². The maximum atomic E-state index is 11.7. The molecule has 0 aliphatic rings. The van der Waals surface area contributed by atoms with Gasteiger partial charge in [0.25, 0.3) is 0 Å². The Balaban J connectivity index is 3.42. The molecule has 0 aromatic carbocycles. The van der Waals surface area contributed by atoms with Crippen molar-refractivity contribution in [1.82, 2.24) is 5.32 Å². The highest BCUT2D eigenvalue weighted by atomic mass is 19.1. The summed E-state index contributed by atoms with van der Waals surface area (Å²) in [7, 11) is 1.64. The third-order valence-electron chi connectivity index (χ3n) is 1.20. The molecule has 0 amide bonds. The lowest BCUT2D eigenvalue weighted by atomic mass is 10.1. The minimum absolute atomic E-state index is 0.110. The molecule has 0 aromatic heterocycles. The van der Waals surface area contributed by atoms with E-state index in [1.165, 1.54) is 0 Å². The van der Waals surface area contributed by atoms with Gasteiger partial charge in [0.1, 0.15) is 6.67 Å². The molecule has 0 radical (unpaired) electrons. The summed E-state index contributed by atoms with van der Waals surface area (Å²) in [5.41, 5.74) is -0.110. The Kier molecular flexibility index (Phi) is 4.56. The smallest absolute Gasteiger partial charge is 0.102 e. The Morgan fingerprint density at radius 1 is 1.50 bits per heavy atom. The molecule has 0 aliphatic heterocycles. The fraction of sp³-hybridized carbons (Fsp3) is 1.00. The number of ether oxygens (including phenoxy) is 1. The van der Waals surface area contributed by atoms with E-state index in [9.17, 15) is 4.39 Å². The van der Waals surface area contributed by atoms with Gasteiger partial charge in [-0.25, -0.2) is 4.39 Å². The van der Waals surface area contributed by atoms with Crippen molar-refractivity contribution in [3.63, 3.8) is 0 Å². The minimum Gasteiger partial charge on any atom is -0.383 e. The first-order chi connectivity index (χ1) is 4.62. The second-order valence-electron chi connectivity index (χ2n) is 2.93. The Bertz CT molecular complexity index is 85.7. The Labute approximate surface area is 61.8 Å². The van der Waals surface area contributed by atoms with E-state index in [2.05, 4.69) is 5.32 Å². The summed E-state index contributed by atoms with van der Waals surface area (Å²) in [4.78, 5) is 0. The lowest BCUT2D eigenvalue weighted by molar-refractivity contribution is 0.127. The van der Waals surface area contributed by atoms with Gasteiger partial charge in [-0.15, -0.1) is 0 Å². The van der Waals surface area contributed by atoms with Crippen LogP contribution in [0.1, 0.15) is 13.8 Å². The van der Waals surface area contributed by atoms with Crippen molar-refractivity contribution in [3.8, 4) is 0 Å². The molecule has 0 unspecified atom stereocenters. The maximum Gasteiger partial charge on any atom is 0.102 e. The van der Waals surface area contributed by atoms with Gasteiger partial charge >= 0.3 is 0 Å². The molecule has 0 aromatic rings. The molecule has 0 rings (SSSR count). The average Bonchev–Trinajstić information content (AvgIpc) is 1.84. The van der Waals surface area contributed by atoms with E-state index in [4.69, 9.17) is 4.74 Å². The van der Waals surface area contributed by atoms with Crippen LogP contribution in [0.25, 0.3) is 0 Å². The first-order valence-electron chi connectivity index (χ1n) is 3.42. The molecule has 1 N–H and O–H groups in total. The van der Waals surface area contributed by atoms with Crippen molar-refractivity contribution in [1.29, 1.82) is 0 Å². The molecule has 62 valence electrons. The predicted molar refractivity (Wildman–Crippen MR) is 39.9 cm³/mol. The van der Waals surface area contributed by atoms with Crippen LogP contribution in [0.3, 0.4) is 0 Å². The molecule has 0 bridgehead atoms. The number of nitrogens with one attached hydrogen (secondary N) is 1. The summed E-state index contributed by atoms with van der Waals surface area (Å²) < 4.78 is 16.6. The molecule has 0 saturated carbocycles. The van der Waals surface area contributed by atoms with Crippen molar-refractivity contribution >= 4 is 0 Å². The van der Waals surface area contributed by atoms with Gasteiger partial charge in [-0.3, -0.25) is 0 Å². The zero-order valence-electron chi connectivity index (χ0n) is 6.91. The Morgan fingerprint density at radius 2 is 2.10 bits per heavy atom. The highest BCUT2D eigenvalue weighted by molar-refractivity contribution is 4.75. The Morgan fingerprint density at radius 3 is 2.50 bits per heavy atom. The van der Waals surface area contributed by atoms with Crippen LogP contribution in [0.5, 0.6) is 0 Å². The monoisotopic (exact) mass is 149 g/mol. The van der Waals surface area contributed by atoms with Gasteiger partial charge in [0.15, 0.2) is 0 Å². The molecular formula is C7H16FNO. The van der Waals surface area contributed by atoms with E-state index in [-0.39, 0.29) is 12.2 Å². The molecule has 10 heavy (non-hydrogen) atoms. The maximum absolute atomic E-state index is 11.7. The van der Waals surface area contributed by atoms with Crippen LogP contribution in [-0.2, 0) is 4.74 Å². The van der Waals surface area contributed by atoms with E-state index in [1.54, 1.807) is 7.11 Å². The highest BCUT2D eigenvalue weighted by Gasteiger charge is 2.15. The van der Waals surface area contributed by atoms with Crippen LogP contribution in [0.4, 0.5) is 4.39 Å². The number of alkyl halides is 1. The van der Waals surface area contributed by atoms with Crippen molar-refractivity contribution in [2.75, 3.05) is 26.9 Å². The van der Waals surface area contributed by atoms with Crippen molar-refractivity contribution in [3.05, 3.63) is 0 Å². The number of halogens is 1. The van der Waals surface area contributed by atoms with Crippen LogP contribution in [0.2, 0.25) is 0 Å². The summed E-state index contributed by atoms with van der Waals surface area (Å²) in [6.45, 7) is 4.63. The van der Waals surface area contributed by atoms with E-state index in [0.717, 1.165) is 0 Å². The van der Waals surface area contributed by atoms with Crippen molar-refractivity contribution in [2.45, 2.75) is 19.4 Å². The number of methoxy groups -OCH3 is 1. The summed E-state index contributed by atoms with van der Waals surface area (Å²) in [6, 6.07) is 0. The van der Waals surface area contributed by atoms with Gasteiger partial charge < -0.3 is 10.1 Å². The van der Waals surface area contributed by atoms with Gasteiger partial charge in [-0.2, -0.15) is 0 Å². The average molecular weight is 149 g/mol. The summed E-state index contributed by atoms with van der Waals surface area (Å²) in [5.74, 6) is 0. The quantitative estimate of drug-likeness (QED) is 0.629. The van der Waals surface area contributed by atoms with E-state index >= 15 is 0 Å². The molecule has 0 aliphatic carbocycles. The largest absolute Gasteiger partial charge is 0.383 e. The van der Waals surface area contributed by atoms with Crippen LogP contribution in [0.15, 0.2) is 0 Å². The molecule has 0 fully saturated rings. The van der Waals surface area contributed by atoms with Crippen LogP contribution >= 0.6 is 0 Å². The molecule has 2 nitrogen and oxygen atoms in total. The van der Waals surface area contributed by atoms with Crippen molar-refractivity contribution < 1.29 is 9.13 Å². The predicted octanol–water partition coefficient (Wildman–Crippen LogP) is 0.971. The van der Waals surface area contributed by atoms with Crippen molar-refractivity contribution in [2.24, 2.45) is 0 Å². The number of hydrogen-bond donors (Lipinski definition) is 1. The molecule has 0 spiro atoms. The van der Waals surface area contributed by atoms with Crippen LogP contribution < -0.4 is 5.32 Å². The van der Waals surface area contributed by atoms with Gasteiger partial charge in [0.2, 0.25) is 0 Å². The Hall–Kier alpha value is -0.150. The van der Waals surface area contributed by atoms with Gasteiger partial charge in [0.05, 0.1) is 6.61 Å². The SMILES string of the molecule is COCC(C)(C)NCCF. The van der Waals surface area contributed by atoms with E-state index in [0.29, 0.717) is 13.2 Å². The zero-order chi connectivity index (χ0) is 8.04. The first kappa shape index (κ1) is 9.85. The van der Waals surface area contributed by atoms with Crippen LogP contribution in [-0.4, -0.2) is 32.5 Å². The fourth-order valence-corrected chi connectivity index (χ4v) is 0.798. The molecule has 3 heteroatoms. The normalized spacial score (nSPS) is 12.0. The lowest BCUT2D eigenvalue weighted by Crippen LogP contribution is -2.44. The molecular weight excluding hydrogens is 133 g/mol. The molecule has 0 heterocycles. The molecule has 0 saturated heterocycles. The zero-order valence-corrected chi connectivity index (χ0v) is 6.91. The molecule has 0 atom stereocenters. The van der Waals surface area contributed by atoms with Gasteiger partial charge in [-0.05, 0) is 13.8 Å². The third-order valence-corrected chi connectivity index (χ3v) is 1.20. The third kappa shape index (κ3) is 4.70. The summed E-state index contributed by atoms with van der Waals surface area (Å²) in [5, 5.41) is 3.01. The minimum atomic E-state index is -0.326. The van der Waals surface area contributed by atoms with Crippen LogP contribution in [0, 0.1) is 0 Å². The number of hydrogen-bond acceptors (Lipinski definition) is 2. The fourth-order valence-electron chi connectivity index (χ4n) is 0.798. The highest BCUT2D eigenvalue weighted by Crippen LogP contribution is 2.00. The second-order valence-corrected chi connectivity index (χ2v) is 2.93. The second kappa shape index (κ2) is 4.63. The summed E-state index contributed by atoms with van der Waals surface area (Å²) in [6.07, 6.45) is 0. The first-order valence-corrected chi connectivity index (χ1v) is 3.42. The topological polar surface area (TPSA) is 21.3 Å². The summed E-state index contributed by atoms with van der Waals surface area (Å²) >= 11 is 0. The lowest BCUT2D eigenvalue weighted by Gasteiger charge is -2.24. The van der Waals surface area contributed by atoms with E-state index in [1.807, 2.05) is 13.8 Å². The van der Waals surface area contributed by atoms with Gasteiger partial charge in [0, 0.05) is 19.2 Å². The standard InChI is InChI=1S/C7H16FNO/c1-7(2,6-10-3)9-5-4-8/h9H,4-6H2,1-3H3.